The van der Waals surface area contributed by atoms with Gasteiger partial charge in [-0.25, -0.2) is 4.79 Å². The van der Waals surface area contributed by atoms with Crippen LogP contribution in [0.3, 0.4) is 0 Å². The first-order chi connectivity index (χ1) is 10.4. The molecule has 3 aliphatic heterocycles. The Balaban J connectivity index is 1.66. The molecule has 0 aromatic heterocycles. The van der Waals surface area contributed by atoms with E-state index < -0.39 is 16.3 Å². The molecular formula is C13H24N4O4S. The Morgan fingerprint density at radius 1 is 1.09 bits per heavy atom. The van der Waals surface area contributed by atoms with E-state index in [1.165, 1.54) is 4.31 Å². The highest BCUT2D eigenvalue weighted by molar-refractivity contribution is 7.86. The van der Waals surface area contributed by atoms with Crippen molar-refractivity contribution < 1.29 is 18.3 Å². The Labute approximate surface area is 130 Å². The number of nitrogens with one attached hydrogen (secondary N) is 1. The molecule has 3 aliphatic rings. The van der Waals surface area contributed by atoms with Gasteiger partial charge in [0.1, 0.15) is 0 Å². The maximum atomic E-state index is 12.9. The highest BCUT2D eigenvalue weighted by Crippen LogP contribution is 2.38. The molecule has 3 atom stereocenters. The summed E-state index contributed by atoms with van der Waals surface area (Å²) in [5, 5.41) is 11.2. The number of fused-ring (bicyclic) bond motifs is 2. The number of nitrogens with two attached hydrogens (primary N) is 1. The van der Waals surface area contributed by atoms with Gasteiger partial charge in [-0.1, -0.05) is 0 Å². The zero-order valence-corrected chi connectivity index (χ0v) is 13.3. The summed E-state index contributed by atoms with van der Waals surface area (Å²) in [6, 6.07) is 0.0205. The van der Waals surface area contributed by atoms with Crippen molar-refractivity contribution in [2.75, 3.05) is 13.1 Å². The van der Waals surface area contributed by atoms with E-state index in [9.17, 15) is 13.2 Å². The van der Waals surface area contributed by atoms with Crippen LogP contribution in [-0.2, 0) is 10.2 Å². The lowest BCUT2D eigenvalue weighted by Crippen LogP contribution is -2.56. The minimum absolute atomic E-state index is 0.0358. The summed E-state index contributed by atoms with van der Waals surface area (Å²) in [7, 11) is -3.46. The number of carboxylic acid groups (broad SMARTS) is 1. The first-order valence-electron chi connectivity index (χ1n) is 7.91. The Morgan fingerprint density at radius 3 is 2.14 bits per heavy atom. The van der Waals surface area contributed by atoms with Gasteiger partial charge in [0.15, 0.2) is 0 Å². The maximum Gasteiger partial charge on any atom is 0.404 e. The van der Waals surface area contributed by atoms with Crippen LogP contribution in [-0.4, -0.2) is 65.5 Å². The Hall–Kier alpha value is -0.900. The molecule has 1 amide bonds. The third kappa shape index (κ3) is 2.94. The molecule has 1 unspecified atom stereocenters. The highest BCUT2D eigenvalue weighted by atomic mass is 32.2. The molecule has 9 heteroatoms. The summed E-state index contributed by atoms with van der Waals surface area (Å²) >= 11 is 0. The molecule has 126 valence electrons. The molecule has 2 bridgehead atoms. The molecule has 3 rings (SSSR count). The lowest BCUT2D eigenvalue weighted by Gasteiger charge is -2.41. The number of rotatable bonds is 3. The molecule has 0 spiro atoms. The van der Waals surface area contributed by atoms with E-state index in [1.54, 1.807) is 4.31 Å². The zero-order chi connectivity index (χ0) is 15.9. The van der Waals surface area contributed by atoms with Crippen LogP contribution < -0.4 is 11.1 Å². The van der Waals surface area contributed by atoms with Crippen LogP contribution in [0.5, 0.6) is 0 Å². The predicted molar refractivity (Wildman–Crippen MR) is 80.5 cm³/mol. The van der Waals surface area contributed by atoms with Gasteiger partial charge in [0, 0.05) is 37.3 Å². The van der Waals surface area contributed by atoms with Crippen molar-refractivity contribution in [3.8, 4) is 0 Å². The quantitative estimate of drug-likeness (QED) is 0.668. The van der Waals surface area contributed by atoms with Crippen LogP contribution in [0.1, 0.15) is 38.5 Å². The number of carbonyl (C=O) groups is 1. The van der Waals surface area contributed by atoms with Gasteiger partial charge in [-0.15, -0.1) is 0 Å². The molecule has 3 heterocycles. The van der Waals surface area contributed by atoms with Gasteiger partial charge in [0.2, 0.25) is 0 Å². The second-order valence-corrected chi connectivity index (χ2v) is 8.41. The Morgan fingerprint density at radius 2 is 1.64 bits per heavy atom. The van der Waals surface area contributed by atoms with Crippen molar-refractivity contribution in [2.45, 2.75) is 62.7 Å². The second kappa shape index (κ2) is 5.95. The average Bonchev–Trinajstić information content (AvgIpc) is 2.72. The third-order valence-corrected chi connectivity index (χ3v) is 7.22. The van der Waals surface area contributed by atoms with Crippen molar-refractivity contribution in [3.05, 3.63) is 0 Å². The normalized spacial score (nSPS) is 34.7. The smallest absolute Gasteiger partial charge is 0.404 e. The average molecular weight is 332 g/mol. The van der Waals surface area contributed by atoms with Crippen LogP contribution in [0.4, 0.5) is 4.79 Å². The van der Waals surface area contributed by atoms with Gasteiger partial charge >= 0.3 is 6.09 Å². The monoisotopic (exact) mass is 332 g/mol. The molecule has 0 aliphatic carbocycles. The van der Waals surface area contributed by atoms with Crippen molar-refractivity contribution in [3.63, 3.8) is 0 Å². The second-order valence-electron chi connectivity index (χ2n) is 6.58. The third-order valence-electron chi connectivity index (χ3n) is 5.08. The van der Waals surface area contributed by atoms with Crippen LogP contribution in [0.15, 0.2) is 0 Å². The largest absolute Gasteiger partial charge is 0.465 e. The summed E-state index contributed by atoms with van der Waals surface area (Å²) in [5.74, 6) is 0. The summed E-state index contributed by atoms with van der Waals surface area (Å²) in [6.07, 6.45) is 3.27. The number of hydrogen-bond donors (Lipinski definition) is 3. The topological polar surface area (TPSA) is 116 Å². The molecule has 0 radical (unpaired) electrons. The first-order valence-corrected chi connectivity index (χ1v) is 9.31. The van der Waals surface area contributed by atoms with E-state index in [0.717, 1.165) is 25.7 Å². The minimum Gasteiger partial charge on any atom is -0.465 e. The number of nitrogens with zero attached hydrogens (tertiary/aromatic N) is 2. The Bertz CT molecular complexity index is 518. The van der Waals surface area contributed by atoms with Crippen LogP contribution in [0.25, 0.3) is 0 Å². The molecular weight excluding hydrogens is 308 g/mol. The SMILES string of the molecule is NC1C[C@H]2CC[C@@H](C1)N2S(=O)(=O)N1CCC(NC(=O)O)CC1. The van der Waals surface area contributed by atoms with E-state index >= 15 is 0 Å². The highest BCUT2D eigenvalue weighted by Gasteiger charge is 2.48. The van der Waals surface area contributed by atoms with Crippen molar-refractivity contribution in [2.24, 2.45) is 5.73 Å². The van der Waals surface area contributed by atoms with Gasteiger partial charge in [-0.05, 0) is 38.5 Å². The van der Waals surface area contributed by atoms with Gasteiger partial charge in [0.05, 0.1) is 0 Å². The van der Waals surface area contributed by atoms with E-state index in [0.29, 0.717) is 25.9 Å². The summed E-state index contributed by atoms with van der Waals surface area (Å²) in [4.78, 5) is 10.7. The summed E-state index contributed by atoms with van der Waals surface area (Å²) in [5.41, 5.74) is 6.01. The minimum atomic E-state index is -3.46. The molecule has 3 saturated heterocycles. The molecule has 8 nitrogen and oxygen atoms in total. The maximum absolute atomic E-state index is 12.9. The van der Waals surface area contributed by atoms with Crippen LogP contribution >= 0.6 is 0 Å². The molecule has 0 aromatic carbocycles. The lowest BCUT2D eigenvalue weighted by atomic mass is 10.0. The predicted octanol–water partition coefficient (Wildman–Crippen LogP) is -0.0827. The number of piperidine rings is 2. The molecule has 0 aromatic rings. The summed E-state index contributed by atoms with van der Waals surface area (Å²) in [6.45, 7) is 0.741. The van der Waals surface area contributed by atoms with Crippen molar-refractivity contribution in [1.29, 1.82) is 0 Å². The fourth-order valence-corrected chi connectivity index (χ4v) is 6.17. The Kier molecular flexibility index (Phi) is 4.32. The van der Waals surface area contributed by atoms with Crippen molar-refractivity contribution in [1.82, 2.24) is 13.9 Å². The fraction of sp³-hybridized carbons (Fsp3) is 0.923. The van der Waals surface area contributed by atoms with Gasteiger partial charge < -0.3 is 16.2 Å². The number of amides is 1. The number of hydrogen-bond acceptors (Lipinski definition) is 4. The van der Waals surface area contributed by atoms with E-state index in [2.05, 4.69) is 5.32 Å². The van der Waals surface area contributed by atoms with Crippen LogP contribution in [0.2, 0.25) is 0 Å². The molecule has 0 saturated carbocycles. The summed E-state index contributed by atoms with van der Waals surface area (Å²) < 4.78 is 29.0. The molecule has 22 heavy (non-hydrogen) atoms. The van der Waals surface area contributed by atoms with E-state index in [4.69, 9.17) is 10.8 Å². The van der Waals surface area contributed by atoms with E-state index in [-0.39, 0.29) is 24.2 Å². The van der Waals surface area contributed by atoms with Gasteiger partial charge in [-0.2, -0.15) is 17.0 Å². The molecule has 4 N–H and O–H groups in total. The van der Waals surface area contributed by atoms with E-state index in [1.807, 2.05) is 0 Å². The molecule has 3 fully saturated rings. The van der Waals surface area contributed by atoms with Gasteiger partial charge in [-0.3, -0.25) is 0 Å². The fourth-order valence-electron chi connectivity index (χ4n) is 4.09. The van der Waals surface area contributed by atoms with Gasteiger partial charge in [0.25, 0.3) is 10.2 Å². The lowest BCUT2D eigenvalue weighted by molar-refractivity contribution is 0.178. The zero-order valence-electron chi connectivity index (χ0n) is 12.5. The van der Waals surface area contributed by atoms with Crippen LogP contribution in [0, 0.1) is 0 Å². The standard InChI is InChI=1S/C13H24N4O4S/c14-9-7-11-1-2-12(8-9)17(11)22(20,21)16-5-3-10(4-6-16)15-13(18)19/h9-12,15H,1-8,14H2,(H,18,19)/t9?,11-,12+. The van der Waals surface area contributed by atoms with Crippen molar-refractivity contribution >= 4 is 16.3 Å². The first kappa shape index (κ1) is 16.0.